The summed E-state index contributed by atoms with van der Waals surface area (Å²) in [5.74, 6) is 5.10. The minimum Gasteiger partial charge on any atom is -0.451 e. The van der Waals surface area contributed by atoms with Crippen LogP contribution < -0.4 is 22.1 Å². The molecule has 16 heteroatoms. The first-order valence-electron chi connectivity index (χ1n) is 13.3. The summed E-state index contributed by atoms with van der Waals surface area (Å²) in [6.45, 7) is 0.885. The first-order chi connectivity index (χ1) is 20.5. The lowest BCUT2D eigenvalue weighted by molar-refractivity contribution is -0.144. The van der Waals surface area contributed by atoms with Crippen molar-refractivity contribution in [2.45, 2.75) is 44.2 Å². The van der Waals surface area contributed by atoms with Crippen LogP contribution in [0.2, 0.25) is 0 Å². The van der Waals surface area contributed by atoms with E-state index in [2.05, 4.69) is 32.4 Å². The van der Waals surface area contributed by atoms with Crippen LogP contribution in [0.1, 0.15) is 29.6 Å². The van der Waals surface area contributed by atoms with Crippen LogP contribution in [0.4, 0.5) is 11.5 Å². The van der Waals surface area contributed by atoms with E-state index in [1.807, 2.05) is 31.3 Å². The molecular weight excluding hydrogens is 581 g/mol. The van der Waals surface area contributed by atoms with E-state index in [1.165, 1.54) is 18.6 Å². The number of likely N-dealkylation sites (N-methyl/N-ethyl adjacent to an activating group) is 1. The molecule has 0 amide bonds. The zero-order valence-corrected chi connectivity index (χ0v) is 24.7. The number of nitrogens with one attached hydrogen (secondary N) is 2. The van der Waals surface area contributed by atoms with Crippen LogP contribution in [0.3, 0.4) is 0 Å². The molecule has 3 heterocycles. The van der Waals surface area contributed by atoms with E-state index in [0.29, 0.717) is 6.42 Å². The number of nitrogen functional groups attached to an aromatic ring is 1. The largest absolute Gasteiger partial charge is 0.451 e. The normalized spacial score (nSPS) is 20.1. The number of nitrogens with two attached hydrogens (primary N) is 1. The van der Waals surface area contributed by atoms with Gasteiger partial charge in [0.1, 0.15) is 30.0 Å². The summed E-state index contributed by atoms with van der Waals surface area (Å²) in [5, 5.41) is 16.5. The quantitative estimate of drug-likeness (QED) is 0.113. The molecule has 6 N–H and O–H groups in total. The van der Waals surface area contributed by atoms with Crippen LogP contribution >= 0.6 is 7.75 Å². The van der Waals surface area contributed by atoms with Crippen molar-refractivity contribution in [1.82, 2.24) is 24.2 Å². The van der Waals surface area contributed by atoms with Gasteiger partial charge < -0.3 is 35.8 Å². The minimum atomic E-state index is -4.28. The fourth-order valence-corrected chi connectivity index (χ4v) is 5.49. The highest BCUT2D eigenvalue weighted by atomic mass is 31.2. The number of aliphatic hydroxyl groups excluding tert-OH is 1. The first kappa shape index (κ1) is 31.9. The summed E-state index contributed by atoms with van der Waals surface area (Å²) in [7, 11) is -0.788. The van der Waals surface area contributed by atoms with Crippen LogP contribution in [0.25, 0.3) is 0 Å². The Morgan fingerprint density at radius 2 is 2.07 bits per heavy atom. The van der Waals surface area contributed by atoms with Gasteiger partial charge in [0, 0.05) is 37.7 Å². The molecule has 0 bridgehead atoms. The number of aromatic nitrogens is 4. The summed E-state index contributed by atoms with van der Waals surface area (Å²) in [4.78, 5) is 43.1. The SMILES string of the molecule is CNc1ccc(CC(NC)C(=O)OCC#Cc2cn([C@H]3CC(O)[C@@H](COP(=O)(O)n4ccnc4C)O3)c(=O)nc2N)cc1. The molecule has 2 aromatic heterocycles. The molecule has 1 aromatic carbocycles. The molecule has 43 heavy (non-hydrogen) atoms. The Hall–Kier alpha value is -4.03. The molecule has 0 saturated carbocycles. The number of aryl methyl sites for hydroxylation is 1. The number of rotatable bonds is 11. The monoisotopic (exact) mass is 615 g/mol. The van der Waals surface area contributed by atoms with Crippen LogP contribution in [0.5, 0.6) is 0 Å². The molecule has 1 fully saturated rings. The van der Waals surface area contributed by atoms with E-state index in [9.17, 15) is 24.2 Å². The number of benzene rings is 1. The second-order valence-electron chi connectivity index (χ2n) is 9.67. The fourth-order valence-electron chi connectivity index (χ4n) is 4.38. The Morgan fingerprint density at radius 3 is 2.72 bits per heavy atom. The molecule has 0 aliphatic carbocycles. The number of aliphatic hydroxyl groups is 1. The zero-order chi connectivity index (χ0) is 31.1. The average molecular weight is 616 g/mol. The Balaban J connectivity index is 1.36. The third kappa shape index (κ3) is 7.88. The van der Waals surface area contributed by atoms with Gasteiger partial charge >= 0.3 is 19.4 Å². The van der Waals surface area contributed by atoms with Gasteiger partial charge in [-0.05, 0) is 38.1 Å². The number of ether oxygens (including phenoxy) is 2. The van der Waals surface area contributed by atoms with Crippen molar-refractivity contribution in [3.63, 3.8) is 0 Å². The average Bonchev–Trinajstić information content (AvgIpc) is 3.59. The topological polar surface area (TPSA) is 205 Å². The second-order valence-corrected chi connectivity index (χ2v) is 11.3. The van der Waals surface area contributed by atoms with E-state index in [1.54, 1.807) is 14.0 Å². The molecule has 15 nitrogen and oxygen atoms in total. The number of carbonyl (C=O) groups excluding carboxylic acids is 1. The van der Waals surface area contributed by atoms with E-state index in [4.69, 9.17) is 19.7 Å². The van der Waals surface area contributed by atoms with Crippen molar-refractivity contribution < 1.29 is 33.4 Å². The van der Waals surface area contributed by atoms with E-state index in [0.717, 1.165) is 20.2 Å². The van der Waals surface area contributed by atoms with Crippen molar-refractivity contribution >= 4 is 25.2 Å². The number of anilines is 2. The third-order valence-corrected chi connectivity index (χ3v) is 8.25. The molecule has 3 unspecified atom stereocenters. The molecule has 0 spiro atoms. The Kier molecular flexibility index (Phi) is 10.4. The lowest BCUT2D eigenvalue weighted by Gasteiger charge is -2.19. The molecule has 3 aromatic rings. The van der Waals surface area contributed by atoms with Crippen molar-refractivity contribution in [1.29, 1.82) is 0 Å². The smallest absolute Gasteiger partial charge is 0.437 e. The van der Waals surface area contributed by atoms with Crippen molar-refractivity contribution in [2.24, 2.45) is 0 Å². The standard InChI is InChI=1S/C27H34N7O8P/c1-17-31-10-11-34(17)43(38,39)41-16-23-22(35)14-24(42-23)33-15-19(25(28)32-27(33)37)5-4-12-40-26(36)21(30-3)13-18-6-8-20(29-2)9-7-18/h6-11,15,21-24,29-30,35H,12-14,16H2,1-3H3,(H,38,39)(H2,28,32,37)/t21?,22?,23-,24-/m1/s1. The number of esters is 1. The Labute approximate surface area is 247 Å². The van der Waals surface area contributed by atoms with Crippen LogP contribution in [0.15, 0.2) is 47.7 Å². The second kappa shape index (κ2) is 14.0. The van der Waals surface area contributed by atoms with Crippen molar-refractivity contribution in [3.8, 4) is 11.8 Å². The highest BCUT2D eigenvalue weighted by molar-refractivity contribution is 7.51. The molecule has 1 saturated heterocycles. The van der Waals surface area contributed by atoms with Crippen molar-refractivity contribution in [3.05, 3.63) is 70.3 Å². The maximum Gasteiger partial charge on any atom is 0.437 e. The highest BCUT2D eigenvalue weighted by Gasteiger charge is 2.38. The van der Waals surface area contributed by atoms with Crippen LogP contribution in [0, 0.1) is 18.8 Å². The maximum atomic E-state index is 12.6. The molecule has 1 aliphatic rings. The van der Waals surface area contributed by atoms with Gasteiger partial charge in [-0.25, -0.2) is 18.7 Å². The van der Waals surface area contributed by atoms with Gasteiger partial charge in [0.15, 0.2) is 6.61 Å². The van der Waals surface area contributed by atoms with Gasteiger partial charge in [-0.3, -0.25) is 13.9 Å². The Morgan fingerprint density at radius 1 is 1.33 bits per heavy atom. The Bertz CT molecular complexity index is 1600. The molecule has 230 valence electrons. The lowest BCUT2D eigenvalue weighted by Crippen LogP contribution is -2.37. The minimum absolute atomic E-state index is 0.0209. The van der Waals surface area contributed by atoms with E-state index >= 15 is 0 Å². The summed E-state index contributed by atoms with van der Waals surface area (Å²) in [6, 6.07) is 7.09. The zero-order valence-electron chi connectivity index (χ0n) is 23.8. The van der Waals surface area contributed by atoms with Gasteiger partial charge in [0.25, 0.3) is 0 Å². The summed E-state index contributed by atoms with van der Waals surface area (Å²) in [5.41, 5.74) is 7.24. The predicted octanol–water partition coefficient (Wildman–Crippen LogP) is 0.411. The lowest BCUT2D eigenvalue weighted by atomic mass is 10.1. The van der Waals surface area contributed by atoms with Gasteiger partial charge in [-0.2, -0.15) is 4.98 Å². The summed E-state index contributed by atoms with van der Waals surface area (Å²) in [6.07, 6.45) is 1.32. The fraction of sp³-hybridized carbons (Fsp3) is 0.407. The van der Waals surface area contributed by atoms with Gasteiger partial charge in [0.05, 0.1) is 18.3 Å². The summed E-state index contributed by atoms with van der Waals surface area (Å²) >= 11 is 0. The molecule has 5 atom stereocenters. The predicted molar refractivity (Wildman–Crippen MR) is 156 cm³/mol. The molecular formula is C27H34N7O8P. The van der Waals surface area contributed by atoms with E-state index in [-0.39, 0.29) is 30.2 Å². The van der Waals surface area contributed by atoms with Gasteiger partial charge in [-0.1, -0.05) is 24.0 Å². The molecule has 4 rings (SSSR count). The number of carbonyl (C=O) groups is 1. The molecule has 0 radical (unpaired) electrons. The first-order valence-corrected chi connectivity index (χ1v) is 14.8. The summed E-state index contributed by atoms with van der Waals surface area (Å²) < 4.78 is 30.9. The molecule has 1 aliphatic heterocycles. The van der Waals surface area contributed by atoms with Crippen LogP contribution in [-0.2, 0) is 29.8 Å². The third-order valence-electron chi connectivity index (χ3n) is 6.80. The number of hydrogen-bond acceptors (Lipinski definition) is 12. The maximum absolute atomic E-state index is 12.6. The van der Waals surface area contributed by atoms with Gasteiger partial charge in [0.2, 0.25) is 0 Å². The highest BCUT2D eigenvalue weighted by Crippen LogP contribution is 2.45. The van der Waals surface area contributed by atoms with Crippen LogP contribution in [-0.4, -0.2) is 80.4 Å². The number of hydrogen-bond donors (Lipinski definition) is 5. The number of imidazole rings is 1. The van der Waals surface area contributed by atoms with Gasteiger partial charge in [-0.15, -0.1) is 0 Å². The van der Waals surface area contributed by atoms with Crippen molar-refractivity contribution in [2.75, 3.05) is 38.4 Å². The van der Waals surface area contributed by atoms with E-state index < -0.39 is 50.5 Å². The number of nitrogens with zero attached hydrogens (tertiary/aromatic N) is 4.